The number of benzene rings is 2. The molecule has 1 amide bonds. The van der Waals surface area contributed by atoms with E-state index < -0.39 is 0 Å². The number of anilines is 1. The van der Waals surface area contributed by atoms with Crippen LogP contribution < -0.4 is 14.8 Å². The van der Waals surface area contributed by atoms with Gasteiger partial charge in [-0.05, 0) is 56.2 Å². The van der Waals surface area contributed by atoms with Gasteiger partial charge in [0.25, 0.3) is 5.91 Å². The first-order chi connectivity index (χ1) is 12.0. The summed E-state index contributed by atoms with van der Waals surface area (Å²) in [4.78, 5) is 12.6. The average Bonchev–Trinajstić information content (AvgIpc) is 2.61. The summed E-state index contributed by atoms with van der Waals surface area (Å²) in [6, 6.07) is 14.5. The summed E-state index contributed by atoms with van der Waals surface area (Å²) in [6.45, 7) is 10.2. The highest BCUT2D eigenvalue weighted by molar-refractivity contribution is 6.05. The molecule has 4 heteroatoms. The molecule has 2 rings (SSSR count). The van der Waals surface area contributed by atoms with Crippen LogP contribution in [0, 0.1) is 0 Å². The van der Waals surface area contributed by atoms with Crippen LogP contribution in [0.1, 0.15) is 37.6 Å². The van der Waals surface area contributed by atoms with Crippen LogP contribution in [0.2, 0.25) is 0 Å². The second-order valence-corrected chi connectivity index (χ2v) is 6.06. The number of carbonyl (C=O) groups is 1. The summed E-state index contributed by atoms with van der Waals surface area (Å²) in [7, 11) is 0. The maximum Gasteiger partial charge on any atom is 0.255 e. The molecule has 0 aromatic heterocycles. The fourth-order valence-corrected chi connectivity index (χ4v) is 2.12. The van der Waals surface area contributed by atoms with Gasteiger partial charge in [-0.25, -0.2) is 0 Å². The van der Waals surface area contributed by atoms with Gasteiger partial charge in [-0.15, -0.1) is 0 Å². The predicted molar refractivity (Wildman–Crippen MR) is 102 cm³/mol. The lowest BCUT2D eigenvalue weighted by Gasteiger charge is -2.14. The summed E-state index contributed by atoms with van der Waals surface area (Å²) in [6.07, 6.45) is 1.01. The SMILES string of the molecule is C=C(C)COc1ccccc1NC(=O)c1cccc(OC(C)CC)c1. The minimum atomic E-state index is -0.207. The van der Waals surface area contributed by atoms with Crippen molar-refractivity contribution in [1.82, 2.24) is 0 Å². The standard InChI is InChI=1S/C21H25NO3/c1-5-16(4)25-18-10-8-9-17(13-18)21(23)22-19-11-6-7-12-20(19)24-14-15(2)3/h6-13,16H,2,5,14H2,1,3-4H3,(H,22,23). The van der Waals surface area contributed by atoms with Crippen molar-refractivity contribution in [3.05, 3.63) is 66.2 Å². The number of hydrogen-bond acceptors (Lipinski definition) is 3. The third-order valence-corrected chi connectivity index (χ3v) is 3.62. The third kappa shape index (κ3) is 5.68. The van der Waals surface area contributed by atoms with Crippen LogP contribution in [-0.4, -0.2) is 18.6 Å². The highest BCUT2D eigenvalue weighted by Crippen LogP contribution is 2.25. The largest absolute Gasteiger partial charge is 0.491 e. The monoisotopic (exact) mass is 339 g/mol. The number of para-hydroxylation sites is 2. The van der Waals surface area contributed by atoms with E-state index in [-0.39, 0.29) is 12.0 Å². The van der Waals surface area contributed by atoms with Crippen LogP contribution in [0.3, 0.4) is 0 Å². The number of carbonyl (C=O) groups excluding carboxylic acids is 1. The first kappa shape index (κ1) is 18.6. The Hall–Kier alpha value is -2.75. The maximum absolute atomic E-state index is 12.6. The van der Waals surface area contributed by atoms with Gasteiger partial charge in [0.1, 0.15) is 18.1 Å². The molecule has 1 unspecified atom stereocenters. The molecule has 0 bridgehead atoms. The van der Waals surface area contributed by atoms with E-state index in [9.17, 15) is 4.79 Å². The van der Waals surface area contributed by atoms with Crippen LogP contribution in [0.4, 0.5) is 5.69 Å². The van der Waals surface area contributed by atoms with Crippen LogP contribution in [0.15, 0.2) is 60.7 Å². The molecule has 4 nitrogen and oxygen atoms in total. The first-order valence-corrected chi connectivity index (χ1v) is 8.44. The molecule has 0 spiro atoms. The first-order valence-electron chi connectivity index (χ1n) is 8.44. The quantitative estimate of drug-likeness (QED) is 0.683. The van der Waals surface area contributed by atoms with Gasteiger partial charge in [0.05, 0.1) is 11.8 Å². The molecule has 1 atom stereocenters. The molecule has 0 saturated carbocycles. The van der Waals surface area contributed by atoms with Gasteiger partial charge in [-0.1, -0.05) is 31.7 Å². The molecule has 0 fully saturated rings. The number of rotatable bonds is 8. The van der Waals surface area contributed by atoms with Gasteiger partial charge in [-0.2, -0.15) is 0 Å². The Balaban J connectivity index is 2.12. The Labute approximate surface area is 149 Å². The lowest BCUT2D eigenvalue weighted by molar-refractivity contribution is 0.102. The lowest BCUT2D eigenvalue weighted by Crippen LogP contribution is -2.14. The van der Waals surface area contributed by atoms with E-state index in [1.54, 1.807) is 12.1 Å². The highest BCUT2D eigenvalue weighted by Gasteiger charge is 2.11. The molecule has 0 aliphatic carbocycles. The third-order valence-electron chi connectivity index (χ3n) is 3.62. The normalized spacial score (nSPS) is 11.5. The van der Waals surface area contributed by atoms with Crippen molar-refractivity contribution < 1.29 is 14.3 Å². The molecular weight excluding hydrogens is 314 g/mol. The molecule has 1 N–H and O–H groups in total. The predicted octanol–water partition coefficient (Wildman–Crippen LogP) is 5.07. The van der Waals surface area contributed by atoms with E-state index in [0.29, 0.717) is 29.4 Å². The zero-order valence-corrected chi connectivity index (χ0v) is 15.0. The molecule has 132 valence electrons. The Bertz CT molecular complexity index is 739. The average molecular weight is 339 g/mol. The van der Waals surface area contributed by atoms with Crippen molar-refractivity contribution in [2.24, 2.45) is 0 Å². The maximum atomic E-state index is 12.6. The zero-order chi connectivity index (χ0) is 18.2. The molecule has 25 heavy (non-hydrogen) atoms. The molecule has 0 heterocycles. The number of hydrogen-bond donors (Lipinski definition) is 1. The Morgan fingerprint density at radius 2 is 1.96 bits per heavy atom. The van der Waals surface area contributed by atoms with Crippen molar-refractivity contribution in [1.29, 1.82) is 0 Å². The van der Waals surface area contributed by atoms with E-state index in [0.717, 1.165) is 12.0 Å². The Kier molecular flexibility index (Phi) is 6.63. The minimum absolute atomic E-state index is 0.106. The molecule has 0 aliphatic heterocycles. The number of amides is 1. The summed E-state index contributed by atoms with van der Waals surface area (Å²) in [5.74, 6) is 1.10. The van der Waals surface area contributed by atoms with E-state index in [1.165, 1.54) is 0 Å². The van der Waals surface area contributed by atoms with Gasteiger partial charge in [-0.3, -0.25) is 4.79 Å². The van der Waals surface area contributed by atoms with Gasteiger partial charge in [0, 0.05) is 5.56 Å². The van der Waals surface area contributed by atoms with Crippen molar-refractivity contribution in [3.63, 3.8) is 0 Å². The second-order valence-electron chi connectivity index (χ2n) is 6.06. The zero-order valence-electron chi connectivity index (χ0n) is 15.0. The van der Waals surface area contributed by atoms with Gasteiger partial charge < -0.3 is 14.8 Å². The molecule has 0 aliphatic rings. The number of ether oxygens (including phenoxy) is 2. The van der Waals surface area contributed by atoms with E-state index in [1.807, 2.05) is 50.2 Å². The van der Waals surface area contributed by atoms with E-state index in [2.05, 4.69) is 18.8 Å². The van der Waals surface area contributed by atoms with Crippen LogP contribution in [-0.2, 0) is 0 Å². The highest BCUT2D eigenvalue weighted by atomic mass is 16.5. The molecule has 0 radical (unpaired) electrons. The second kappa shape index (κ2) is 8.92. The summed E-state index contributed by atoms with van der Waals surface area (Å²) in [5.41, 5.74) is 2.08. The Morgan fingerprint density at radius 3 is 2.68 bits per heavy atom. The van der Waals surface area contributed by atoms with Gasteiger partial charge >= 0.3 is 0 Å². The van der Waals surface area contributed by atoms with Crippen molar-refractivity contribution in [2.75, 3.05) is 11.9 Å². The topological polar surface area (TPSA) is 47.6 Å². The Morgan fingerprint density at radius 1 is 1.20 bits per heavy atom. The summed E-state index contributed by atoms with van der Waals surface area (Å²) in [5, 5.41) is 2.90. The molecule has 2 aromatic carbocycles. The van der Waals surface area contributed by atoms with E-state index >= 15 is 0 Å². The van der Waals surface area contributed by atoms with Gasteiger partial charge in [0.2, 0.25) is 0 Å². The lowest BCUT2D eigenvalue weighted by atomic mass is 10.2. The van der Waals surface area contributed by atoms with Crippen LogP contribution in [0.5, 0.6) is 11.5 Å². The van der Waals surface area contributed by atoms with Crippen molar-refractivity contribution >= 4 is 11.6 Å². The summed E-state index contributed by atoms with van der Waals surface area (Å²) >= 11 is 0. The number of nitrogens with one attached hydrogen (secondary N) is 1. The fourth-order valence-electron chi connectivity index (χ4n) is 2.12. The minimum Gasteiger partial charge on any atom is -0.491 e. The van der Waals surface area contributed by atoms with Gasteiger partial charge in [0.15, 0.2) is 0 Å². The van der Waals surface area contributed by atoms with Crippen molar-refractivity contribution in [2.45, 2.75) is 33.3 Å². The van der Waals surface area contributed by atoms with Crippen molar-refractivity contribution in [3.8, 4) is 11.5 Å². The summed E-state index contributed by atoms with van der Waals surface area (Å²) < 4.78 is 11.5. The van der Waals surface area contributed by atoms with Crippen LogP contribution >= 0.6 is 0 Å². The van der Waals surface area contributed by atoms with E-state index in [4.69, 9.17) is 9.47 Å². The smallest absolute Gasteiger partial charge is 0.255 e. The molecular formula is C21H25NO3. The fraction of sp³-hybridized carbons (Fsp3) is 0.286. The molecule has 0 saturated heterocycles. The molecule has 2 aromatic rings. The van der Waals surface area contributed by atoms with Crippen LogP contribution in [0.25, 0.3) is 0 Å².